The Balaban J connectivity index is 1.92. The van der Waals surface area contributed by atoms with Crippen molar-refractivity contribution in [3.05, 3.63) is 59.7 Å². The minimum Gasteiger partial charge on any atom is -0.383 e. The first-order chi connectivity index (χ1) is 14.2. The molecule has 158 valence electrons. The van der Waals surface area contributed by atoms with E-state index in [1.165, 1.54) is 28.6 Å². The van der Waals surface area contributed by atoms with Crippen LogP contribution in [-0.2, 0) is 21.2 Å². The maximum Gasteiger partial charge on any atom is 0.246 e. The molecule has 3 aromatic rings. The van der Waals surface area contributed by atoms with E-state index < -0.39 is 9.84 Å². The average molecular weight is 445 g/mol. The number of carbonyl (C=O) groups excluding carboxylic acids is 1. The molecule has 1 aromatic heterocycles. The van der Waals surface area contributed by atoms with Crippen LogP contribution in [0.25, 0.3) is 0 Å². The quantitative estimate of drug-likeness (QED) is 0.539. The van der Waals surface area contributed by atoms with E-state index in [4.69, 9.17) is 5.73 Å². The van der Waals surface area contributed by atoms with Gasteiger partial charge in [0.05, 0.1) is 4.90 Å². The lowest BCUT2D eigenvalue weighted by atomic mass is 10.1. The van der Waals surface area contributed by atoms with Gasteiger partial charge in [-0.1, -0.05) is 31.2 Å². The van der Waals surface area contributed by atoms with Gasteiger partial charge in [-0.2, -0.15) is 5.10 Å². The number of sulfone groups is 1. The highest BCUT2D eigenvalue weighted by molar-refractivity contribution is 8.00. The topological polar surface area (TPSA) is 107 Å². The van der Waals surface area contributed by atoms with Gasteiger partial charge in [0, 0.05) is 5.69 Å². The molecular formula is C21H24N4O3S2. The first kappa shape index (κ1) is 21.9. The van der Waals surface area contributed by atoms with Crippen molar-refractivity contribution in [1.82, 2.24) is 9.78 Å². The summed E-state index contributed by atoms with van der Waals surface area (Å²) in [5.41, 5.74) is 9.02. The fraction of sp³-hybridized carbons (Fsp3) is 0.238. The summed E-state index contributed by atoms with van der Waals surface area (Å²) in [4.78, 5) is 12.6. The third-order valence-electron chi connectivity index (χ3n) is 4.60. The number of anilines is 2. The van der Waals surface area contributed by atoms with Gasteiger partial charge in [0.15, 0.2) is 0 Å². The Morgan fingerprint density at radius 2 is 1.83 bits per heavy atom. The van der Waals surface area contributed by atoms with Crippen molar-refractivity contribution in [3.63, 3.8) is 0 Å². The van der Waals surface area contributed by atoms with Gasteiger partial charge < -0.3 is 11.1 Å². The summed E-state index contributed by atoms with van der Waals surface area (Å²) in [6.45, 7) is 5.66. The van der Waals surface area contributed by atoms with Gasteiger partial charge in [-0.25, -0.2) is 13.1 Å². The summed E-state index contributed by atoms with van der Waals surface area (Å²) in [5, 5.41) is 7.41. The molecule has 3 N–H and O–H groups in total. The van der Waals surface area contributed by atoms with E-state index in [0.29, 0.717) is 11.4 Å². The summed E-state index contributed by atoms with van der Waals surface area (Å²) in [5.74, 6) is 0.219. The van der Waals surface area contributed by atoms with E-state index in [1.807, 2.05) is 39.0 Å². The van der Waals surface area contributed by atoms with Crippen LogP contribution < -0.4 is 11.1 Å². The largest absolute Gasteiger partial charge is 0.383 e. The molecule has 0 saturated heterocycles. The fourth-order valence-electron chi connectivity index (χ4n) is 2.91. The second-order valence-corrected chi connectivity index (χ2v) is 9.91. The number of thioether (sulfide) groups is 1. The molecule has 0 aliphatic carbocycles. The molecule has 30 heavy (non-hydrogen) atoms. The monoisotopic (exact) mass is 444 g/mol. The molecule has 3 rings (SSSR count). The smallest absolute Gasteiger partial charge is 0.246 e. The van der Waals surface area contributed by atoms with Crippen LogP contribution in [0.1, 0.15) is 18.1 Å². The predicted octanol–water partition coefficient (Wildman–Crippen LogP) is 3.67. The second-order valence-electron chi connectivity index (χ2n) is 6.77. The first-order valence-corrected chi connectivity index (χ1v) is 11.9. The number of aromatic nitrogens is 2. The Bertz CT molecular complexity index is 1170. The fourth-order valence-corrected chi connectivity index (χ4v) is 5.49. The van der Waals surface area contributed by atoms with Crippen LogP contribution in [0.5, 0.6) is 0 Å². The zero-order valence-electron chi connectivity index (χ0n) is 17.0. The Morgan fingerprint density at radius 3 is 2.47 bits per heavy atom. The lowest BCUT2D eigenvalue weighted by Crippen LogP contribution is -2.21. The molecule has 7 nitrogen and oxygen atoms in total. The van der Waals surface area contributed by atoms with E-state index in [-0.39, 0.29) is 33.1 Å². The number of nitrogens with zero attached hydrogens (tertiary/aromatic N) is 2. The van der Waals surface area contributed by atoms with E-state index in [0.717, 1.165) is 11.1 Å². The highest BCUT2D eigenvalue weighted by Crippen LogP contribution is 2.34. The van der Waals surface area contributed by atoms with Gasteiger partial charge in [-0.15, -0.1) is 11.8 Å². The van der Waals surface area contributed by atoms with Crippen LogP contribution in [0.3, 0.4) is 0 Å². The maximum atomic E-state index is 13.2. The number of carbonyl (C=O) groups is 1. The molecular weight excluding hydrogens is 420 g/mol. The lowest BCUT2D eigenvalue weighted by Gasteiger charge is -2.09. The molecule has 0 radical (unpaired) electrons. The number of nitrogens with two attached hydrogens (primary N) is 1. The van der Waals surface area contributed by atoms with Crippen LogP contribution in [0.15, 0.2) is 63.3 Å². The van der Waals surface area contributed by atoms with Crippen molar-refractivity contribution in [2.45, 2.75) is 42.1 Å². The predicted molar refractivity (Wildman–Crippen MR) is 119 cm³/mol. The van der Waals surface area contributed by atoms with E-state index in [1.54, 1.807) is 18.2 Å². The Labute approximate surface area is 180 Å². The first-order valence-electron chi connectivity index (χ1n) is 9.40. The van der Waals surface area contributed by atoms with Gasteiger partial charge in [0.25, 0.3) is 0 Å². The van der Waals surface area contributed by atoms with Crippen LogP contribution >= 0.6 is 11.8 Å². The van der Waals surface area contributed by atoms with Crippen LogP contribution in [-0.4, -0.2) is 29.9 Å². The minimum absolute atomic E-state index is 0.0509. The van der Waals surface area contributed by atoms with Crippen molar-refractivity contribution in [3.8, 4) is 0 Å². The average Bonchev–Trinajstić information content (AvgIpc) is 3.01. The highest BCUT2D eigenvalue weighted by Gasteiger charge is 2.29. The normalized spacial score (nSPS) is 11.4. The van der Waals surface area contributed by atoms with Crippen molar-refractivity contribution >= 4 is 39.0 Å². The number of aryl methyl sites for hydroxylation is 2. The Kier molecular flexibility index (Phi) is 6.52. The molecule has 0 spiro atoms. The van der Waals surface area contributed by atoms with E-state index in [2.05, 4.69) is 10.4 Å². The van der Waals surface area contributed by atoms with Crippen LogP contribution in [0.4, 0.5) is 11.5 Å². The third kappa shape index (κ3) is 4.52. The lowest BCUT2D eigenvalue weighted by molar-refractivity contribution is -0.116. The zero-order chi connectivity index (χ0) is 21.9. The number of nitrogens with one attached hydrogen (secondary N) is 1. The number of nitrogen functional groups attached to an aromatic ring is 1. The SMILES string of the molecule is CCSc1nn(CC(=O)Nc2ccc(C)c(C)c2)c(N)c1S(=O)(=O)c1ccccc1. The molecule has 0 unspecified atom stereocenters. The summed E-state index contributed by atoms with van der Waals surface area (Å²) in [7, 11) is -3.87. The molecule has 0 aliphatic rings. The molecule has 0 saturated carbocycles. The van der Waals surface area contributed by atoms with Gasteiger partial charge in [0.2, 0.25) is 15.7 Å². The number of benzene rings is 2. The van der Waals surface area contributed by atoms with E-state index in [9.17, 15) is 13.2 Å². The van der Waals surface area contributed by atoms with Crippen LogP contribution in [0.2, 0.25) is 0 Å². The summed E-state index contributed by atoms with van der Waals surface area (Å²) >= 11 is 1.27. The van der Waals surface area contributed by atoms with Crippen molar-refractivity contribution < 1.29 is 13.2 Å². The van der Waals surface area contributed by atoms with Gasteiger partial charge >= 0.3 is 0 Å². The Hall–Kier alpha value is -2.78. The summed E-state index contributed by atoms with van der Waals surface area (Å²) in [6, 6.07) is 13.7. The minimum atomic E-state index is -3.87. The number of rotatable bonds is 7. The highest BCUT2D eigenvalue weighted by atomic mass is 32.2. The number of hydrogen-bond acceptors (Lipinski definition) is 6. The van der Waals surface area contributed by atoms with Gasteiger partial charge in [-0.3, -0.25) is 4.79 Å². The van der Waals surface area contributed by atoms with Gasteiger partial charge in [-0.05, 0) is 55.0 Å². The second kappa shape index (κ2) is 8.93. The van der Waals surface area contributed by atoms with Crippen molar-refractivity contribution in [1.29, 1.82) is 0 Å². The van der Waals surface area contributed by atoms with Gasteiger partial charge in [0.1, 0.15) is 22.3 Å². The van der Waals surface area contributed by atoms with Crippen molar-refractivity contribution in [2.75, 3.05) is 16.8 Å². The van der Waals surface area contributed by atoms with Crippen LogP contribution in [0, 0.1) is 13.8 Å². The molecule has 0 bridgehead atoms. The van der Waals surface area contributed by atoms with E-state index >= 15 is 0 Å². The molecule has 0 fully saturated rings. The number of hydrogen-bond donors (Lipinski definition) is 2. The molecule has 1 heterocycles. The zero-order valence-corrected chi connectivity index (χ0v) is 18.7. The van der Waals surface area contributed by atoms with Crippen molar-refractivity contribution in [2.24, 2.45) is 0 Å². The molecule has 1 amide bonds. The summed E-state index contributed by atoms with van der Waals surface area (Å²) < 4.78 is 27.6. The molecule has 0 aliphatic heterocycles. The maximum absolute atomic E-state index is 13.2. The standard InChI is InChI=1S/C21H24N4O3S2/c1-4-29-21-19(30(27,28)17-8-6-5-7-9-17)20(22)25(24-21)13-18(26)23-16-11-10-14(2)15(3)12-16/h5-12H,4,13,22H2,1-3H3,(H,23,26). The Morgan fingerprint density at radius 1 is 1.13 bits per heavy atom. The molecule has 2 aromatic carbocycles. The number of amides is 1. The third-order valence-corrected chi connectivity index (χ3v) is 7.41. The summed E-state index contributed by atoms with van der Waals surface area (Å²) in [6.07, 6.45) is 0. The molecule has 0 atom stereocenters. The molecule has 9 heteroatoms.